The number of hydrogen-bond acceptors (Lipinski definition) is 4. The van der Waals surface area contributed by atoms with Gasteiger partial charge < -0.3 is 20.7 Å². The summed E-state index contributed by atoms with van der Waals surface area (Å²) in [6.07, 6.45) is 0. The molecule has 0 atom stereocenters. The van der Waals surface area contributed by atoms with Crippen molar-refractivity contribution in [2.45, 2.75) is 0 Å². The van der Waals surface area contributed by atoms with E-state index in [0.717, 1.165) is 19.2 Å². The molecule has 7 heteroatoms. The smallest absolute Gasteiger partial charge is 0.255 e. The van der Waals surface area contributed by atoms with Crippen molar-refractivity contribution in [3.05, 3.63) is 23.8 Å². The van der Waals surface area contributed by atoms with Gasteiger partial charge in [-0.25, -0.2) is 8.78 Å². The highest BCUT2D eigenvalue weighted by molar-refractivity contribution is 5.75. The number of benzene rings is 1. The summed E-state index contributed by atoms with van der Waals surface area (Å²) >= 11 is 0. The van der Waals surface area contributed by atoms with Gasteiger partial charge in [-0.1, -0.05) is 0 Å². The van der Waals surface area contributed by atoms with Crippen LogP contribution < -0.4 is 20.7 Å². The second-order valence-electron chi connectivity index (χ2n) is 4.23. The minimum absolute atomic E-state index is 0.172. The molecule has 0 spiro atoms. The predicted octanol–water partition coefficient (Wildman–Crippen LogP) is 0.238. The third-order valence-corrected chi connectivity index (χ3v) is 2.83. The zero-order chi connectivity index (χ0) is 13.8. The molecule has 0 radical (unpaired) electrons. The van der Waals surface area contributed by atoms with Crippen LogP contribution in [0.3, 0.4) is 0 Å². The molecule has 0 saturated carbocycles. The molecular weight excluding hydrogens is 256 g/mol. The summed E-state index contributed by atoms with van der Waals surface area (Å²) in [4.78, 5) is 12.4. The molecule has 1 aliphatic heterocycles. The number of nitrogens with two attached hydrogens (primary N) is 1. The first-order chi connectivity index (χ1) is 9.08. The minimum atomic E-state index is -0.849. The lowest BCUT2D eigenvalue weighted by atomic mass is 10.2. The van der Waals surface area contributed by atoms with Gasteiger partial charge >= 0.3 is 0 Å². The van der Waals surface area contributed by atoms with E-state index in [0.29, 0.717) is 13.1 Å². The molecule has 0 aromatic heterocycles. The van der Waals surface area contributed by atoms with E-state index in [1.165, 1.54) is 6.07 Å². The van der Waals surface area contributed by atoms with Crippen molar-refractivity contribution in [3.63, 3.8) is 0 Å². The van der Waals surface area contributed by atoms with Gasteiger partial charge in [0.15, 0.2) is 18.2 Å². The number of nitrogens with zero attached hydrogens (tertiary/aromatic N) is 1. The van der Waals surface area contributed by atoms with Gasteiger partial charge in [0.25, 0.3) is 5.91 Å². The van der Waals surface area contributed by atoms with Crippen molar-refractivity contribution in [1.29, 1.82) is 0 Å². The number of nitrogens with one attached hydrogen (secondary N) is 1. The molecule has 1 aromatic carbocycles. The Kier molecular flexibility index (Phi) is 4.16. The van der Waals surface area contributed by atoms with Crippen LogP contribution in [0.1, 0.15) is 0 Å². The van der Waals surface area contributed by atoms with Gasteiger partial charge in [0.1, 0.15) is 5.82 Å². The van der Waals surface area contributed by atoms with Gasteiger partial charge in [-0.05, 0) is 0 Å². The third kappa shape index (κ3) is 3.31. The Labute approximate surface area is 109 Å². The summed E-state index contributed by atoms with van der Waals surface area (Å²) in [7, 11) is 0. The SMILES string of the molecule is NC(=O)COc1cc(N2CCNCC2)c(F)cc1F. The summed E-state index contributed by atoms with van der Waals surface area (Å²) in [5.41, 5.74) is 5.19. The Hall–Kier alpha value is -1.89. The van der Waals surface area contributed by atoms with Crippen LogP contribution in [0, 0.1) is 11.6 Å². The number of halogens is 2. The largest absolute Gasteiger partial charge is 0.481 e. The second kappa shape index (κ2) is 5.83. The van der Waals surface area contributed by atoms with E-state index >= 15 is 0 Å². The maximum Gasteiger partial charge on any atom is 0.255 e. The van der Waals surface area contributed by atoms with Crippen molar-refractivity contribution >= 4 is 11.6 Å². The molecule has 3 N–H and O–H groups in total. The lowest BCUT2D eigenvalue weighted by molar-refractivity contribution is -0.120. The molecule has 1 heterocycles. The summed E-state index contributed by atoms with van der Waals surface area (Å²) < 4.78 is 32.2. The number of primary amides is 1. The number of carbonyl (C=O) groups excluding carboxylic acids is 1. The fraction of sp³-hybridized carbons (Fsp3) is 0.417. The average molecular weight is 271 g/mol. The van der Waals surface area contributed by atoms with Gasteiger partial charge in [-0.15, -0.1) is 0 Å². The summed E-state index contributed by atoms with van der Waals surface area (Å²) in [5, 5.41) is 3.14. The molecule has 5 nitrogen and oxygen atoms in total. The number of anilines is 1. The Morgan fingerprint density at radius 3 is 2.63 bits per heavy atom. The Morgan fingerprint density at radius 1 is 1.32 bits per heavy atom. The first kappa shape index (κ1) is 13.5. The number of rotatable bonds is 4. The van der Waals surface area contributed by atoms with Crippen LogP contribution >= 0.6 is 0 Å². The lowest BCUT2D eigenvalue weighted by Crippen LogP contribution is -2.43. The highest BCUT2D eigenvalue weighted by Crippen LogP contribution is 2.28. The summed E-state index contributed by atoms with van der Waals surface area (Å²) in [6, 6.07) is 2.02. The molecule has 0 aliphatic carbocycles. The molecular formula is C12H15F2N3O2. The topological polar surface area (TPSA) is 67.6 Å². The quantitative estimate of drug-likeness (QED) is 0.823. The molecule has 1 fully saturated rings. The van der Waals surface area contributed by atoms with E-state index in [4.69, 9.17) is 10.5 Å². The van der Waals surface area contributed by atoms with Crippen LogP contribution in [-0.4, -0.2) is 38.7 Å². The van der Waals surface area contributed by atoms with E-state index in [-0.39, 0.29) is 11.4 Å². The van der Waals surface area contributed by atoms with E-state index in [1.54, 1.807) is 4.90 Å². The monoisotopic (exact) mass is 271 g/mol. The maximum absolute atomic E-state index is 13.8. The summed E-state index contributed by atoms with van der Waals surface area (Å²) in [5.74, 6) is -2.38. The van der Waals surface area contributed by atoms with Crippen LogP contribution in [0.15, 0.2) is 12.1 Å². The molecule has 1 amide bonds. The van der Waals surface area contributed by atoms with Crippen molar-refractivity contribution in [2.75, 3.05) is 37.7 Å². The normalized spacial score (nSPS) is 15.4. The highest BCUT2D eigenvalue weighted by atomic mass is 19.1. The Morgan fingerprint density at radius 2 is 2.00 bits per heavy atom. The zero-order valence-corrected chi connectivity index (χ0v) is 10.3. The number of amides is 1. The number of ether oxygens (including phenoxy) is 1. The van der Waals surface area contributed by atoms with E-state index in [1.807, 2.05) is 0 Å². The number of piperazine rings is 1. The van der Waals surface area contributed by atoms with Crippen LogP contribution in [0.25, 0.3) is 0 Å². The second-order valence-corrected chi connectivity index (χ2v) is 4.23. The first-order valence-corrected chi connectivity index (χ1v) is 5.93. The molecule has 1 aromatic rings. The van der Waals surface area contributed by atoms with Crippen LogP contribution in [0.5, 0.6) is 5.75 Å². The standard InChI is InChI=1S/C12H15F2N3O2/c13-8-5-9(14)11(19-7-12(15)18)6-10(8)17-3-1-16-2-4-17/h5-6,16H,1-4,7H2,(H2,15,18). The molecule has 1 saturated heterocycles. The van der Waals surface area contributed by atoms with Crippen LogP contribution in [0.2, 0.25) is 0 Å². The van der Waals surface area contributed by atoms with E-state index in [2.05, 4.69) is 5.32 Å². The average Bonchev–Trinajstić information content (AvgIpc) is 2.38. The van der Waals surface area contributed by atoms with Gasteiger partial charge in [-0.3, -0.25) is 4.79 Å². The van der Waals surface area contributed by atoms with Crippen LogP contribution in [0.4, 0.5) is 14.5 Å². The summed E-state index contributed by atoms with van der Waals surface area (Å²) in [6.45, 7) is 2.27. The molecule has 2 rings (SSSR count). The van der Waals surface area contributed by atoms with Crippen molar-refractivity contribution in [2.24, 2.45) is 5.73 Å². The number of hydrogen-bond donors (Lipinski definition) is 2. The fourth-order valence-corrected chi connectivity index (χ4v) is 1.93. The van der Waals surface area contributed by atoms with Crippen molar-refractivity contribution in [3.8, 4) is 5.75 Å². The molecule has 19 heavy (non-hydrogen) atoms. The maximum atomic E-state index is 13.8. The molecule has 104 valence electrons. The molecule has 0 unspecified atom stereocenters. The third-order valence-electron chi connectivity index (χ3n) is 2.83. The Balaban J connectivity index is 2.22. The zero-order valence-electron chi connectivity index (χ0n) is 10.3. The predicted molar refractivity (Wildman–Crippen MR) is 66.1 cm³/mol. The van der Waals surface area contributed by atoms with Crippen molar-refractivity contribution in [1.82, 2.24) is 5.32 Å². The van der Waals surface area contributed by atoms with E-state index < -0.39 is 24.1 Å². The number of carbonyl (C=O) groups is 1. The Bertz CT molecular complexity index is 476. The van der Waals surface area contributed by atoms with Crippen molar-refractivity contribution < 1.29 is 18.3 Å². The minimum Gasteiger partial charge on any atom is -0.481 e. The highest BCUT2D eigenvalue weighted by Gasteiger charge is 2.18. The molecule has 0 bridgehead atoms. The first-order valence-electron chi connectivity index (χ1n) is 5.93. The van der Waals surface area contributed by atoms with Gasteiger partial charge in [0.2, 0.25) is 0 Å². The lowest BCUT2D eigenvalue weighted by Gasteiger charge is -2.30. The van der Waals surface area contributed by atoms with E-state index in [9.17, 15) is 13.6 Å². The van der Waals surface area contributed by atoms with Gasteiger partial charge in [0.05, 0.1) is 5.69 Å². The van der Waals surface area contributed by atoms with Gasteiger partial charge in [-0.2, -0.15) is 0 Å². The fourth-order valence-electron chi connectivity index (χ4n) is 1.93. The van der Waals surface area contributed by atoms with Crippen LogP contribution in [-0.2, 0) is 4.79 Å². The molecule has 1 aliphatic rings. The van der Waals surface area contributed by atoms with Gasteiger partial charge in [0, 0.05) is 38.3 Å².